The van der Waals surface area contributed by atoms with Crippen LogP contribution in [0.25, 0.3) is 0 Å². The summed E-state index contributed by atoms with van der Waals surface area (Å²) in [5, 5.41) is 0. The van der Waals surface area contributed by atoms with Gasteiger partial charge in [-0.15, -0.1) is 0 Å². The van der Waals surface area contributed by atoms with Crippen molar-refractivity contribution in [2.75, 3.05) is 27.8 Å². The number of carbonyl (C=O) groups excluding carboxylic acids is 1. The smallest absolute Gasteiger partial charge is 0.253 e. The number of hydrogen-bond donors (Lipinski definition) is 0. The molecule has 0 atom stereocenters. The second kappa shape index (κ2) is 9.87. The van der Waals surface area contributed by atoms with Crippen molar-refractivity contribution in [1.29, 1.82) is 0 Å². The molecular formula is C26H28N2O5S. The second-order valence-electron chi connectivity index (χ2n) is 8.22. The Bertz CT molecular complexity index is 1310. The quantitative estimate of drug-likeness (QED) is 0.515. The average Bonchev–Trinajstić information content (AvgIpc) is 2.88. The molecule has 0 aliphatic carbocycles. The van der Waals surface area contributed by atoms with Gasteiger partial charge in [-0.3, -0.25) is 4.79 Å². The number of carbonyl (C=O) groups is 1. The Morgan fingerprint density at radius 2 is 1.74 bits per heavy atom. The summed E-state index contributed by atoms with van der Waals surface area (Å²) in [6.07, 6.45) is 0.667. The standard InChI is InChI=1S/C26H28N2O5S/c1-27(17-22-11-12-23(32-2)16-25(22)33-3)26(29)20-9-6-10-24(15-20)34(30,31)28-14-13-19-7-4-5-8-21(19)18-28/h4-12,15-16H,13-14,17-18H2,1-3H3. The van der Waals surface area contributed by atoms with Crippen LogP contribution in [-0.2, 0) is 29.5 Å². The molecule has 0 fully saturated rings. The molecule has 0 saturated heterocycles. The molecule has 7 nitrogen and oxygen atoms in total. The highest BCUT2D eigenvalue weighted by atomic mass is 32.2. The van der Waals surface area contributed by atoms with E-state index in [2.05, 4.69) is 0 Å². The number of benzene rings is 3. The van der Waals surface area contributed by atoms with Crippen molar-refractivity contribution in [1.82, 2.24) is 9.21 Å². The highest BCUT2D eigenvalue weighted by Crippen LogP contribution is 2.27. The van der Waals surface area contributed by atoms with E-state index in [1.165, 1.54) is 20.8 Å². The number of nitrogens with zero attached hydrogens (tertiary/aromatic N) is 2. The molecule has 4 rings (SSSR count). The minimum Gasteiger partial charge on any atom is -0.497 e. The molecule has 3 aromatic rings. The fraction of sp³-hybridized carbons (Fsp3) is 0.269. The van der Waals surface area contributed by atoms with Gasteiger partial charge in [0.15, 0.2) is 0 Å². The first-order valence-corrected chi connectivity index (χ1v) is 12.4. The molecule has 0 bridgehead atoms. The van der Waals surface area contributed by atoms with Crippen LogP contribution in [0.3, 0.4) is 0 Å². The maximum atomic E-state index is 13.3. The zero-order valence-electron chi connectivity index (χ0n) is 19.5. The van der Waals surface area contributed by atoms with Crippen molar-refractivity contribution in [3.05, 3.63) is 89.0 Å². The van der Waals surface area contributed by atoms with Crippen molar-refractivity contribution in [2.45, 2.75) is 24.4 Å². The first-order valence-electron chi connectivity index (χ1n) is 11.0. The van der Waals surface area contributed by atoms with E-state index in [4.69, 9.17) is 9.47 Å². The van der Waals surface area contributed by atoms with Gasteiger partial charge in [0, 0.05) is 43.9 Å². The van der Waals surface area contributed by atoms with Gasteiger partial charge in [-0.2, -0.15) is 4.31 Å². The van der Waals surface area contributed by atoms with Crippen LogP contribution in [-0.4, -0.2) is 51.3 Å². The van der Waals surface area contributed by atoms with Crippen LogP contribution in [0.1, 0.15) is 27.0 Å². The molecule has 0 unspecified atom stereocenters. The predicted molar refractivity (Wildman–Crippen MR) is 130 cm³/mol. The largest absolute Gasteiger partial charge is 0.497 e. The van der Waals surface area contributed by atoms with E-state index in [1.54, 1.807) is 51.6 Å². The van der Waals surface area contributed by atoms with Crippen LogP contribution in [0.2, 0.25) is 0 Å². The fourth-order valence-corrected chi connectivity index (χ4v) is 5.61. The number of hydrogen-bond acceptors (Lipinski definition) is 5. The van der Waals surface area contributed by atoms with Crippen LogP contribution < -0.4 is 9.47 Å². The second-order valence-corrected chi connectivity index (χ2v) is 10.2. The fourth-order valence-electron chi connectivity index (χ4n) is 4.14. The molecular weight excluding hydrogens is 452 g/mol. The number of amides is 1. The summed E-state index contributed by atoms with van der Waals surface area (Å²) in [6, 6.07) is 19.5. The lowest BCUT2D eigenvalue weighted by atomic mass is 10.0. The van der Waals surface area contributed by atoms with Gasteiger partial charge in [0.1, 0.15) is 11.5 Å². The van der Waals surface area contributed by atoms with Crippen molar-refractivity contribution >= 4 is 15.9 Å². The van der Waals surface area contributed by atoms with Gasteiger partial charge in [-0.05, 0) is 47.9 Å². The topological polar surface area (TPSA) is 76.2 Å². The van der Waals surface area contributed by atoms with E-state index < -0.39 is 10.0 Å². The maximum absolute atomic E-state index is 13.3. The van der Waals surface area contributed by atoms with Crippen LogP contribution >= 0.6 is 0 Å². The number of fused-ring (bicyclic) bond motifs is 1. The van der Waals surface area contributed by atoms with Crippen molar-refractivity contribution in [3.8, 4) is 11.5 Å². The van der Waals surface area contributed by atoms with Crippen LogP contribution in [0.4, 0.5) is 0 Å². The monoisotopic (exact) mass is 480 g/mol. The van der Waals surface area contributed by atoms with E-state index in [1.807, 2.05) is 30.3 Å². The molecule has 0 radical (unpaired) electrons. The van der Waals surface area contributed by atoms with Gasteiger partial charge < -0.3 is 14.4 Å². The van der Waals surface area contributed by atoms with E-state index in [9.17, 15) is 13.2 Å². The Labute approximate surface area is 200 Å². The first-order chi connectivity index (χ1) is 16.3. The lowest BCUT2D eigenvalue weighted by molar-refractivity contribution is 0.0784. The number of ether oxygens (including phenoxy) is 2. The van der Waals surface area contributed by atoms with Crippen molar-refractivity contribution < 1.29 is 22.7 Å². The molecule has 0 spiro atoms. The number of sulfonamides is 1. The molecule has 178 valence electrons. The Kier molecular flexibility index (Phi) is 6.90. The van der Waals surface area contributed by atoms with Gasteiger partial charge >= 0.3 is 0 Å². The molecule has 8 heteroatoms. The summed E-state index contributed by atoms with van der Waals surface area (Å²) in [5.41, 5.74) is 3.31. The summed E-state index contributed by atoms with van der Waals surface area (Å²) >= 11 is 0. The minimum atomic E-state index is -3.74. The lowest BCUT2D eigenvalue weighted by Gasteiger charge is -2.28. The van der Waals surface area contributed by atoms with Crippen molar-refractivity contribution in [2.24, 2.45) is 0 Å². The molecule has 0 saturated carbocycles. The van der Waals surface area contributed by atoms with Gasteiger partial charge in [-0.25, -0.2) is 8.42 Å². The summed E-state index contributed by atoms with van der Waals surface area (Å²) in [6.45, 7) is 1.04. The van der Waals surface area contributed by atoms with Crippen LogP contribution in [0.15, 0.2) is 71.6 Å². The third-order valence-electron chi connectivity index (χ3n) is 6.06. The summed E-state index contributed by atoms with van der Waals surface area (Å²) in [4.78, 5) is 14.8. The molecule has 0 N–H and O–H groups in total. The summed E-state index contributed by atoms with van der Waals surface area (Å²) in [7, 11) is 1.08. The summed E-state index contributed by atoms with van der Waals surface area (Å²) < 4.78 is 38.8. The number of rotatable bonds is 7. The minimum absolute atomic E-state index is 0.119. The Balaban J connectivity index is 1.53. The van der Waals surface area contributed by atoms with E-state index in [-0.39, 0.29) is 10.8 Å². The third-order valence-corrected chi connectivity index (χ3v) is 7.90. The zero-order chi connectivity index (χ0) is 24.3. The van der Waals surface area contributed by atoms with Crippen molar-refractivity contribution in [3.63, 3.8) is 0 Å². The molecule has 3 aromatic carbocycles. The molecule has 1 amide bonds. The molecule has 1 aliphatic heterocycles. The normalized spacial score (nSPS) is 13.7. The molecule has 34 heavy (non-hydrogen) atoms. The highest BCUT2D eigenvalue weighted by molar-refractivity contribution is 7.89. The number of methoxy groups -OCH3 is 2. The Morgan fingerprint density at radius 3 is 2.47 bits per heavy atom. The molecule has 1 heterocycles. The van der Waals surface area contributed by atoms with Crippen LogP contribution in [0.5, 0.6) is 11.5 Å². The average molecular weight is 481 g/mol. The maximum Gasteiger partial charge on any atom is 0.253 e. The third kappa shape index (κ3) is 4.78. The first kappa shape index (κ1) is 23.8. The molecule has 1 aliphatic rings. The SMILES string of the molecule is COc1ccc(CN(C)C(=O)c2cccc(S(=O)(=O)N3CCc4ccccc4C3)c2)c(OC)c1. The van der Waals surface area contributed by atoms with Gasteiger partial charge in [-0.1, -0.05) is 30.3 Å². The van der Waals surface area contributed by atoms with Gasteiger partial charge in [0.2, 0.25) is 10.0 Å². The van der Waals surface area contributed by atoms with E-state index >= 15 is 0 Å². The highest BCUT2D eigenvalue weighted by Gasteiger charge is 2.29. The Morgan fingerprint density at radius 1 is 0.971 bits per heavy atom. The van der Waals surface area contributed by atoms with Gasteiger partial charge in [0.05, 0.1) is 19.1 Å². The van der Waals surface area contributed by atoms with E-state index in [0.717, 1.165) is 11.1 Å². The summed E-state index contributed by atoms with van der Waals surface area (Å²) in [5.74, 6) is 0.993. The van der Waals surface area contributed by atoms with E-state index in [0.29, 0.717) is 43.1 Å². The zero-order valence-corrected chi connectivity index (χ0v) is 20.3. The lowest BCUT2D eigenvalue weighted by Crippen LogP contribution is -2.36. The van der Waals surface area contributed by atoms with Crippen LogP contribution in [0, 0.1) is 0 Å². The Hall–Kier alpha value is -3.36. The predicted octanol–water partition coefficient (Wildman–Crippen LogP) is 3.72. The molecule has 0 aromatic heterocycles. The van der Waals surface area contributed by atoms with Gasteiger partial charge in [0.25, 0.3) is 5.91 Å².